The number of nitrogens with one attached hydrogen (secondary N) is 1. The molecule has 0 spiro atoms. The van der Waals surface area contributed by atoms with Crippen LogP contribution >= 0.6 is 0 Å². The summed E-state index contributed by atoms with van der Waals surface area (Å²) in [4.78, 5) is 0.183. The molecule has 0 atom stereocenters. The summed E-state index contributed by atoms with van der Waals surface area (Å²) >= 11 is 0. The minimum absolute atomic E-state index is 0.0551. The van der Waals surface area contributed by atoms with Gasteiger partial charge >= 0.3 is 0 Å². The second-order valence-corrected chi connectivity index (χ2v) is 6.69. The average molecular weight is 298 g/mol. The van der Waals surface area contributed by atoms with Crippen LogP contribution in [-0.2, 0) is 14.6 Å². The first-order chi connectivity index (χ1) is 9.47. The molecule has 0 amide bonds. The van der Waals surface area contributed by atoms with Crippen molar-refractivity contribution in [1.82, 2.24) is 0 Å². The standard InChI is InChI=1S/C14H22N2O3S/c1-2-3-4-8-19-9-10-20(17,18)13-7-5-6-12(11-13)14(15)16/h5-7,11H,2-4,8-10H2,1H3,(H3,15,16). The zero-order valence-corrected chi connectivity index (χ0v) is 12.6. The minimum atomic E-state index is -3.39. The molecule has 112 valence electrons. The normalized spacial score (nSPS) is 11.4. The van der Waals surface area contributed by atoms with Gasteiger partial charge in [0.2, 0.25) is 0 Å². The smallest absolute Gasteiger partial charge is 0.180 e. The number of sulfone groups is 1. The predicted octanol–water partition coefficient (Wildman–Crippen LogP) is 1.95. The van der Waals surface area contributed by atoms with E-state index in [0.29, 0.717) is 12.2 Å². The van der Waals surface area contributed by atoms with Gasteiger partial charge in [0, 0.05) is 12.2 Å². The number of hydrogen-bond acceptors (Lipinski definition) is 4. The van der Waals surface area contributed by atoms with Crippen LogP contribution in [0, 0.1) is 5.41 Å². The maximum absolute atomic E-state index is 12.1. The Balaban J connectivity index is 2.56. The lowest BCUT2D eigenvalue weighted by Gasteiger charge is -2.07. The van der Waals surface area contributed by atoms with E-state index in [2.05, 4.69) is 6.92 Å². The first-order valence-corrected chi connectivity index (χ1v) is 8.37. The molecule has 0 unspecified atom stereocenters. The van der Waals surface area contributed by atoms with Crippen molar-refractivity contribution >= 4 is 15.7 Å². The molecular weight excluding hydrogens is 276 g/mol. The van der Waals surface area contributed by atoms with Crippen molar-refractivity contribution in [3.05, 3.63) is 29.8 Å². The van der Waals surface area contributed by atoms with E-state index >= 15 is 0 Å². The van der Waals surface area contributed by atoms with Gasteiger partial charge in [0.1, 0.15) is 5.84 Å². The summed E-state index contributed by atoms with van der Waals surface area (Å²) in [5, 5.41) is 7.33. The van der Waals surface area contributed by atoms with E-state index in [1.54, 1.807) is 12.1 Å². The van der Waals surface area contributed by atoms with Crippen LogP contribution in [0.2, 0.25) is 0 Å². The maximum atomic E-state index is 12.1. The van der Waals surface area contributed by atoms with Crippen LogP contribution in [0.5, 0.6) is 0 Å². The molecule has 0 aromatic heterocycles. The molecule has 6 heteroatoms. The van der Waals surface area contributed by atoms with Crippen LogP contribution < -0.4 is 5.73 Å². The van der Waals surface area contributed by atoms with Gasteiger partial charge in [-0.2, -0.15) is 0 Å². The van der Waals surface area contributed by atoms with Crippen molar-refractivity contribution in [2.75, 3.05) is 19.0 Å². The highest BCUT2D eigenvalue weighted by atomic mass is 32.2. The van der Waals surface area contributed by atoms with E-state index in [1.165, 1.54) is 12.1 Å². The molecule has 0 radical (unpaired) electrons. The lowest BCUT2D eigenvalue weighted by molar-refractivity contribution is 0.144. The van der Waals surface area contributed by atoms with Crippen molar-refractivity contribution in [3.63, 3.8) is 0 Å². The SMILES string of the molecule is CCCCCOCCS(=O)(=O)c1cccc(C(=N)N)c1. The molecule has 1 aromatic carbocycles. The molecule has 5 nitrogen and oxygen atoms in total. The van der Waals surface area contributed by atoms with E-state index in [0.717, 1.165) is 19.3 Å². The number of nitrogen functional groups attached to an aromatic ring is 1. The first-order valence-electron chi connectivity index (χ1n) is 6.72. The monoisotopic (exact) mass is 298 g/mol. The van der Waals surface area contributed by atoms with Crippen molar-refractivity contribution in [1.29, 1.82) is 5.41 Å². The lowest BCUT2D eigenvalue weighted by atomic mass is 10.2. The molecule has 0 saturated heterocycles. The van der Waals surface area contributed by atoms with E-state index in [1.807, 2.05) is 0 Å². The number of unbranched alkanes of at least 4 members (excludes halogenated alkanes) is 2. The summed E-state index contributed by atoms with van der Waals surface area (Å²) in [6, 6.07) is 6.14. The molecule has 3 N–H and O–H groups in total. The summed E-state index contributed by atoms with van der Waals surface area (Å²) < 4.78 is 29.5. The van der Waals surface area contributed by atoms with Crippen LogP contribution in [0.1, 0.15) is 31.7 Å². The highest BCUT2D eigenvalue weighted by Crippen LogP contribution is 2.13. The van der Waals surface area contributed by atoms with E-state index in [-0.39, 0.29) is 23.1 Å². The molecule has 0 aliphatic rings. The van der Waals surface area contributed by atoms with Gasteiger partial charge in [-0.15, -0.1) is 0 Å². The molecule has 1 rings (SSSR count). The zero-order chi connectivity index (χ0) is 15.0. The van der Waals surface area contributed by atoms with Gasteiger partial charge < -0.3 is 10.5 Å². The topological polar surface area (TPSA) is 93.2 Å². The van der Waals surface area contributed by atoms with Crippen molar-refractivity contribution in [2.45, 2.75) is 31.1 Å². The Hall–Kier alpha value is -1.40. The summed E-state index contributed by atoms with van der Waals surface area (Å²) in [7, 11) is -3.39. The van der Waals surface area contributed by atoms with Gasteiger partial charge in [-0.1, -0.05) is 31.9 Å². The first kappa shape index (κ1) is 16.7. The largest absolute Gasteiger partial charge is 0.384 e. The van der Waals surface area contributed by atoms with E-state index in [9.17, 15) is 8.42 Å². The third-order valence-corrected chi connectivity index (χ3v) is 4.57. The Bertz CT molecular complexity index is 541. The van der Waals surface area contributed by atoms with Crippen LogP contribution in [0.15, 0.2) is 29.2 Å². The Labute approximate surface area is 120 Å². The molecule has 0 saturated carbocycles. The Morgan fingerprint density at radius 3 is 2.70 bits per heavy atom. The fourth-order valence-electron chi connectivity index (χ4n) is 1.70. The number of amidine groups is 1. The zero-order valence-electron chi connectivity index (χ0n) is 11.8. The van der Waals surface area contributed by atoms with Crippen LogP contribution in [0.25, 0.3) is 0 Å². The maximum Gasteiger partial charge on any atom is 0.180 e. The van der Waals surface area contributed by atoms with E-state index in [4.69, 9.17) is 15.9 Å². The highest BCUT2D eigenvalue weighted by molar-refractivity contribution is 7.91. The van der Waals surface area contributed by atoms with Gasteiger partial charge in [0.05, 0.1) is 17.3 Å². The Morgan fingerprint density at radius 1 is 1.30 bits per heavy atom. The second-order valence-electron chi connectivity index (χ2n) is 4.58. The molecule has 0 heterocycles. The Kier molecular flexibility index (Phi) is 6.67. The third-order valence-electron chi connectivity index (χ3n) is 2.89. The number of benzene rings is 1. The minimum Gasteiger partial charge on any atom is -0.384 e. The predicted molar refractivity (Wildman–Crippen MR) is 79.9 cm³/mol. The summed E-state index contributed by atoms with van der Waals surface area (Å²) in [6.07, 6.45) is 3.16. The summed E-state index contributed by atoms with van der Waals surface area (Å²) in [6.45, 7) is 2.89. The number of nitrogens with two attached hydrogens (primary N) is 1. The van der Waals surface area contributed by atoms with Crippen molar-refractivity contribution < 1.29 is 13.2 Å². The van der Waals surface area contributed by atoms with Gasteiger partial charge in [-0.05, 0) is 18.6 Å². The molecule has 0 fully saturated rings. The summed E-state index contributed by atoms with van der Waals surface area (Å²) in [5.41, 5.74) is 5.77. The average Bonchev–Trinajstić information content (AvgIpc) is 2.43. The number of hydrogen-bond donors (Lipinski definition) is 2. The molecule has 1 aromatic rings. The fraction of sp³-hybridized carbons (Fsp3) is 0.500. The van der Waals surface area contributed by atoms with Crippen LogP contribution in [0.4, 0.5) is 0 Å². The van der Waals surface area contributed by atoms with Gasteiger partial charge in [0.15, 0.2) is 9.84 Å². The van der Waals surface area contributed by atoms with E-state index < -0.39 is 9.84 Å². The molecule has 0 aliphatic heterocycles. The molecular formula is C14H22N2O3S. The number of rotatable bonds is 9. The fourth-order valence-corrected chi connectivity index (χ4v) is 2.87. The van der Waals surface area contributed by atoms with Gasteiger partial charge in [0.25, 0.3) is 0 Å². The van der Waals surface area contributed by atoms with Gasteiger partial charge in [-0.3, -0.25) is 5.41 Å². The summed E-state index contributed by atoms with van der Waals surface area (Å²) in [5.74, 6) is -0.196. The quantitative estimate of drug-likeness (QED) is 0.414. The second kappa shape index (κ2) is 8.01. The van der Waals surface area contributed by atoms with Crippen molar-refractivity contribution in [2.24, 2.45) is 5.73 Å². The van der Waals surface area contributed by atoms with Crippen LogP contribution in [0.3, 0.4) is 0 Å². The highest BCUT2D eigenvalue weighted by Gasteiger charge is 2.15. The number of ether oxygens (including phenoxy) is 1. The molecule has 0 aliphatic carbocycles. The van der Waals surface area contributed by atoms with Crippen LogP contribution in [-0.4, -0.2) is 33.2 Å². The third kappa shape index (κ3) is 5.30. The lowest BCUT2D eigenvalue weighted by Crippen LogP contribution is -2.15. The Morgan fingerprint density at radius 2 is 2.05 bits per heavy atom. The van der Waals surface area contributed by atoms with Gasteiger partial charge in [-0.25, -0.2) is 8.42 Å². The molecule has 0 bridgehead atoms. The molecule has 20 heavy (non-hydrogen) atoms. The van der Waals surface area contributed by atoms with Crippen molar-refractivity contribution in [3.8, 4) is 0 Å².